The van der Waals surface area contributed by atoms with E-state index in [4.69, 9.17) is 0 Å². The van der Waals surface area contributed by atoms with Crippen LogP contribution in [0.25, 0.3) is 0 Å². The fourth-order valence-corrected chi connectivity index (χ4v) is 0.881. The monoisotopic (exact) mass is 315 g/mol. The predicted octanol–water partition coefficient (Wildman–Crippen LogP) is 1.28. The van der Waals surface area contributed by atoms with Gasteiger partial charge in [0.05, 0.1) is 0 Å². The van der Waals surface area contributed by atoms with E-state index in [1.807, 2.05) is 22.6 Å². The van der Waals surface area contributed by atoms with E-state index >= 15 is 0 Å². The zero-order chi connectivity index (χ0) is 7.82. The lowest BCUT2D eigenvalue weighted by Crippen LogP contribution is -2.22. The predicted molar refractivity (Wildman–Crippen MR) is 53.2 cm³/mol. The molecule has 0 aromatic carbocycles. The molecule has 0 aliphatic heterocycles. The minimum Gasteiger partial charge on any atom is -0.345 e. The molecule has 0 saturated heterocycles. The standard InChI is InChI=1S/C6H7BrINO/c7-3-1-5-9-6(10)2-4-8/h1,3,5H2,(H,9,10). The molecule has 0 bridgehead atoms. The van der Waals surface area contributed by atoms with E-state index in [1.54, 1.807) is 0 Å². The number of nitrogens with one attached hydrogen (secondary N) is 1. The number of carbonyl (C=O) groups excluding carboxylic acids is 1. The van der Waals surface area contributed by atoms with E-state index in [0.29, 0.717) is 6.54 Å². The molecule has 1 amide bonds. The van der Waals surface area contributed by atoms with Gasteiger partial charge in [-0.1, -0.05) is 15.9 Å². The third-order valence-electron chi connectivity index (χ3n) is 0.757. The van der Waals surface area contributed by atoms with Gasteiger partial charge in [0, 0.05) is 40.4 Å². The first-order chi connectivity index (χ1) is 4.81. The molecule has 0 radical (unpaired) electrons. The van der Waals surface area contributed by atoms with E-state index in [2.05, 4.69) is 31.1 Å². The van der Waals surface area contributed by atoms with Crippen LogP contribution in [0.5, 0.6) is 0 Å². The van der Waals surface area contributed by atoms with Crippen LogP contribution in [0.15, 0.2) is 0 Å². The van der Waals surface area contributed by atoms with Gasteiger partial charge in [0.1, 0.15) is 0 Å². The van der Waals surface area contributed by atoms with Gasteiger partial charge in [0.25, 0.3) is 5.91 Å². The Kier molecular flexibility index (Phi) is 7.52. The third kappa shape index (κ3) is 6.36. The van der Waals surface area contributed by atoms with Crippen molar-refractivity contribution in [1.29, 1.82) is 0 Å². The second kappa shape index (κ2) is 7.35. The Labute approximate surface area is 82.4 Å². The number of halogens is 2. The van der Waals surface area contributed by atoms with Gasteiger partial charge in [-0.05, 0) is 10.3 Å². The molecule has 0 unspecified atom stereocenters. The molecule has 0 heterocycles. The summed E-state index contributed by atoms with van der Waals surface area (Å²) in [6.45, 7) is 0.690. The highest BCUT2D eigenvalue weighted by Gasteiger charge is 1.91. The summed E-state index contributed by atoms with van der Waals surface area (Å²) in [6, 6.07) is 0. The molecule has 0 fully saturated rings. The van der Waals surface area contributed by atoms with Crippen LogP contribution in [-0.2, 0) is 4.79 Å². The molecule has 1 N–H and O–H groups in total. The first kappa shape index (κ1) is 10.2. The molecule has 0 spiro atoms. The summed E-state index contributed by atoms with van der Waals surface area (Å²) in [5.74, 6) is 2.18. The van der Waals surface area contributed by atoms with Crippen molar-refractivity contribution in [2.24, 2.45) is 0 Å². The largest absolute Gasteiger partial charge is 0.345 e. The number of hydrogen-bond donors (Lipinski definition) is 1. The van der Waals surface area contributed by atoms with Gasteiger partial charge in [-0.15, -0.1) is 0 Å². The van der Waals surface area contributed by atoms with E-state index in [1.165, 1.54) is 0 Å². The highest BCUT2D eigenvalue weighted by atomic mass is 127. The van der Waals surface area contributed by atoms with Crippen molar-refractivity contribution in [3.63, 3.8) is 0 Å². The van der Waals surface area contributed by atoms with Gasteiger partial charge >= 0.3 is 0 Å². The first-order valence-electron chi connectivity index (χ1n) is 2.76. The molecular formula is C6H7BrINO. The smallest absolute Gasteiger partial charge is 0.296 e. The number of alkyl halides is 1. The molecule has 0 aromatic rings. The molecule has 0 rings (SSSR count). The highest BCUT2D eigenvalue weighted by Crippen LogP contribution is 1.83. The second-order valence-electron chi connectivity index (χ2n) is 1.52. The van der Waals surface area contributed by atoms with Crippen LogP contribution < -0.4 is 5.32 Å². The second-order valence-corrected chi connectivity index (χ2v) is 2.85. The summed E-state index contributed by atoms with van der Waals surface area (Å²) in [4.78, 5) is 10.6. The van der Waals surface area contributed by atoms with Crippen LogP contribution in [0.2, 0.25) is 0 Å². The molecule has 0 aromatic heterocycles. The van der Waals surface area contributed by atoms with Gasteiger partial charge in [-0.3, -0.25) is 4.79 Å². The average Bonchev–Trinajstić information content (AvgIpc) is 1.89. The zero-order valence-corrected chi connectivity index (χ0v) is 9.03. The van der Waals surface area contributed by atoms with Gasteiger partial charge in [0.2, 0.25) is 0 Å². The number of carbonyl (C=O) groups is 1. The zero-order valence-electron chi connectivity index (χ0n) is 5.29. The lowest BCUT2D eigenvalue weighted by atomic mass is 10.5. The number of amides is 1. The lowest BCUT2D eigenvalue weighted by Gasteiger charge is -1.95. The third-order valence-corrected chi connectivity index (χ3v) is 1.59. The van der Waals surface area contributed by atoms with Crippen LogP contribution in [0.1, 0.15) is 6.42 Å². The number of hydrogen-bond acceptors (Lipinski definition) is 1. The van der Waals surface area contributed by atoms with E-state index in [-0.39, 0.29) is 5.91 Å². The van der Waals surface area contributed by atoms with Crippen molar-refractivity contribution in [3.8, 4) is 9.85 Å². The average molecular weight is 316 g/mol. The maximum absolute atomic E-state index is 10.6. The lowest BCUT2D eigenvalue weighted by molar-refractivity contribution is -0.115. The molecule has 2 nitrogen and oxygen atoms in total. The minimum absolute atomic E-state index is 0.199. The summed E-state index contributed by atoms with van der Waals surface area (Å²) in [5, 5.41) is 3.54. The number of rotatable bonds is 3. The van der Waals surface area contributed by atoms with Gasteiger partial charge in [0.15, 0.2) is 0 Å². The Morgan fingerprint density at radius 2 is 2.40 bits per heavy atom. The fraction of sp³-hybridized carbons (Fsp3) is 0.500. The molecule has 0 atom stereocenters. The molecule has 0 aliphatic rings. The Morgan fingerprint density at radius 3 is 2.90 bits per heavy atom. The van der Waals surface area contributed by atoms with Crippen LogP contribution in [0.4, 0.5) is 0 Å². The quantitative estimate of drug-likeness (QED) is 0.361. The molecule has 4 heteroatoms. The van der Waals surface area contributed by atoms with Gasteiger partial charge in [-0.2, -0.15) is 0 Å². The molecule has 56 valence electrons. The van der Waals surface area contributed by atoms with Crippen molar-refractivity contribution in [2.45, 2.75) is 6.42 Å². The fourth-order valence-electron chi connectivity index (χ4n) is 0.356. The maximum Gasteiger partial charge on any atom is 0.296 e. The Balaban J connectivity index is 3.28. The van der Waals surface area contributed by atoms with Gasteiger partial charge in [-0.25, -0.2) is 0 Å². The van der Waals surface area contributed by atoms with E-state index in [9.17, 15) is 4.79 Å². The molecule has 0 aliphatic carbocycles. The van der Waals surface area contributed by atoms with E-state index in [0.717, 1.165) is 11.8 Å². The maximum atomic E-state index is 10.6. The van der Waals surface area contributed by atoms with Gasteiger partial charge < -0.3 is 5.32 Å². The first-order valence-corrected chi connectivity index (χ1v) is 4.96. The molecular weight excluding hydrogens is 309 g/mol. The van der Waals surface area contributed by atoms with Crippen molar-refractivity contribution in [2.75, 3.05) is 11.9 Å². The van der Waals surface area contributed by atoms with E-state index < -0.39 is 0 Å². The summed E-state index contributed by atoms with van der Waals surface area (Å²) in [7, 11) is 0. The van der Waals surface area contributed by atoms with Crippen molar-refractivity contribution < 1.29 is 4.79 Å². The summed E-state index contributed by atoms with van der Waals surface area (Å²) in [5.41, 5.74) is 0. The Bertz CT molecular complexity index is 161. The van der Waals surface area contributed by atoms with Crippen molar-refractivity contribution in [1.82, 2.24) is 5.32 Å². The van der Waals surface area contributed by atoms with Crippen molar-refractivity contribution in [3.05, 3.63) is 0 Å². The SMILES string of the molecule is O=C(C#CI)NCCCBr. The van der Waals surface area contributed by atoms with Crippen LogP contribution in [-0.4, -0.2) is 17.8 Å². The molecule has 0 saturated carbocycles. The molecule has 10 heavy (non-hydrogen) atoms. The Hall–Kier alpha value is 0.240. The highest BCUT2D eigenvalue weighted by molar-refractivity contribution is 14.1. The minimum atomic E-state index is -0.199. The topological polar surface area (TPSA) is 29.1 Å². The van der Waals surface area contributed by atoms with Crippen molar-refractivity contribution >= 4 is 44.4 Å². The summed E-state index contributed by atoms with van der Waals surface area (Å²) < 4.78 is 2.49. The Morgan fingerprint density at radius 1 is 1.70 bits per heavy atom. The summed E-state index contributed by atoms with van der Waals surface area (Å²) >= 11 is 5.08. The van der Waals surface area contributed by atoms with Crippen LogP contribution >= 0.6 is 38.5 Å². The van der Waals surface area contributed by atoms with Crippen LogP contribution in [0.3, 0.4) is 0 Å². The van der Waals surface area contributed by atoms with Crippen LogP contribution in [0, 0.1) is 9.85 Å². The summed E-state index contributed by atoms with van der Waals surface area (Å²) in [6.07, 6.45) is 0.939. The normalized spacial score (nSPS) is 7.80.